The second-order valence-electron chi connectivity index (χ2n) is 5.15. The number of ketones is 1. The highest BCUT2D eigenvalue weighted by atomic mass is 16.1. The van der Waals surface area contributed by atoms with Crippen LogP contribution in [0, 0.1) is 12.8 Å². The Bertz CT molecular complexity index is 582. The zero-order valence-corrected chi connectivity index (χ0v) is 11.8. The first kappa shape index (κ1) is 13.5. The van der Waals surface area contributed by atoms with E-state index >= 15 is 0 Å². The molecule has 0 fully saturated rings. The number of carbonyl (C=O) groups excluding carboxylic acids is 1. The van der Waals surface area contributed by atoms with Gasteiger partial charge in [-0.2, -0.15) is 10.2 Å². The highest BCUT2D eigenvalue weighted by Gasteiger charge is 2.16. The van der Waals surface area contributed by atoms with Gasteiger partial charge in [-0.15, -0.1) is 0 Å². The van der Waals surface area contributed by atoms with Crippen LogP contribution in [0.1, 0.15) is 35.7 Å². The summed E-state index contributed by atoms with van der Waals surface area (Å²) in [6.45, 7) is 6.83. The summed E-state index contributed by atoms with van der Waals surface area (Å²) in [6, 6.07) is 0. The van der Waals surface area contributed by atoms with Crippen molar-refractivity contribution in [2.24, 2.45) is 13.0 Å². The maximum absolute atomic E-state index is 12.2. The van der Waals surface area contributed by atoms with Gasteiger partial charge < -0.3 is 0 Å². The number of hydrogen-bond donors (Lipinski definition) is 0. The lowest BCUT2D eigenvalue weighted by Crippen LogP contribution is -2.14. The van der Waals surface area contributed by atoms with E-state index in [-0.39, 0.29) is 12.2 Å². The third-order valence-corrected chi connectivity index (χ3v) is 2.87. The molecule has 2 aromatic heterocycles. The number of hydrogen-bond acceptors (Lipinski definition) is 4. The number of nitrogens with zero attached hydrogens (tertiary/aromatic N) is 5. The Kier molecular flexibility index (Phi) is 3.78. The smallest absolute Gasteiger partial charge is 0.173 e. The lowest BCUT2D eigenvalue weighted by Gasteiger charge is -2.07. The molecule has 0 saturated heterocycles. The molecule has 2 heterocycles. The van der Waals surface area contributed by atoms with Crippen molar-refractivity contribution < 1.29 is 4.79 Å². The summed E-state index contributed by atoms with van der Waals surface area (Å²) in [7, 11) is 1.81. The normalized spacial score (nSPS) is 11.2. The van der Waals surface area contributed by atoms with Crippen LogP contribution in [0.25, 0.3) is 0 Å². The molecule has 19 heavy (non-hydrogen) atoms. The summed E-state index contributed by atoms with van der Waals surface area (Å²) in [4.78, 5) is 16.4. The first-order chi connectivity index (χ1) is 8.97. The number of rotatable bonds is 5. The minimum Gasteiger partial charge on any atom is -0.294 e. The van der Waals surface area contributed by atoms with Gasteiger partial charge in [0.2, 0.25) is 0 Å². The topological polar surface area (TPSA) is 65.6 Å². The van der Waals surface area contributed by atoms with Crippen LogP contribution in [-0.2, 0) is 20.0 Å². The maximum atomic E-state index is 12.2. The molecule has 6 nitrogen and oxygen atoms in total. The third kappa shape index (κ3) is 3.07. The predicted molar refractivity (Wildman–Crippen MR) is 70.8 cm³/mol. The highest BCUT2D eigenvalue weighted by molar-refractivity contribution is 5.97. The third-order valence-electron chi connectivity index (χ3n) is 2.87. The van der Waals surface area contributed by atoms with E-state index < -0.39 is 0 Å². The van der Waals surface area contributed by atoms with Crippen LogP contribution in [0.15, 0.2) is 12.5 Å². The average molecular weight is 261 g/mol. The van der Waals surface area contributed by atoms with E-state index in [1.807, 2.05) is 14.0 Å². The van der Waals surface area contributed by atoms with Gasteiger partial charge in [0, 0.05) is 19.8 Å². The Morgan fingerprint density at radius 3 is 2.74 bits per heavy atom. The van der Waals surface area contributed by atoms with Crippen molar-refractivity contribution in [3.05, 3.63) is 29.6 Å². The number of aryl methyl sites for hydroxylation is 2. The van der Waals surface area contributed by atoms with Gasteiger partial charge in [0.15, 0.2) is 5.78 Å². The molecule has 0 aliphatic heterocycles. The molecule has 0 aromatic carbocycles. The van der Waals surface area contributed by atoms with Gasteiger partial charge in [-0.1, -0.05) is 13.8 Å². The second-order valence-corrected chi connectivity index (χ2v) is 5.15. The van der Waals surface area contributed by atoms with Gasteiger partial charge in [-0.3, -0.25) is 9.48 Å². The van der Waals surface area contributed by atoms with Crippen molar-refractivity contribution in [3.8, 4) is 0 Å². The van der Waals surface area contributed by atoms with Crippen LogP contribution in [0.5, 0.6) is 0 Å². The molecule has 2 rings (SSSR count). The summed E-state index contributed by atoms with van der Waals surface area (Å²) in [5.74, 6) is 1.21. The van der Waals surface area contributed by atoms with Gasteiger partial charge in [-0.05, 0) is 12.8 Å². The highest BCUT2D eigenvalue weighted by Crippen LogP contribution is 2.10. The van der Waals surface area contributed by atoms with E-state index in [2.05, 4.69) is 29.0 Å². The molecule has 0 atom stereocenters. The fraction of sp³-hybridized carbons (Fsp3) is 0.538. The molecule has 102 valence electrons. The zero-order chi connectivity index (χ0) is 14.0. The van der Waals surface area contributed by atoms with Crippen LogP contribution in [0.2, 0.25) is 0 Å². The quantitative estimate of drug-likeness (QED) is 0.763. The van der Waals surface area contributed by atoms with Crippen LogP contribution in [0.3, 0.4) is 0 Å². The summed E-state index contributed by atoms with van der Waals surface area (Å²) >= 11 is 0. The standard InChI is InChI=1S/C13H19N5O/c1-9(2)6-18-13(14-8-15-18)5-12(19)11-7-17(4)16-10(11)3/h7-9H,5-6H2,1-4H3. The zero-order valence-electron chi connectivity index (χ0n) is 11.8. The van der Waals surface area contributed by atoms with E-state index in [1.165, 1.54) is 6.33 Å². The maximum Gasteiger partial charge on any atom is 0.173 e. The Hall–Kier alpha value is -1.98. The van der Waals surface area contributed by atoms with Gasteiger partial charge in [-0.25, -0.2) is 9.67 Å². The van der Waals surface area contributed by atoms with Crippen LogP contribution in [-0.4, -0.2) is 30.3 Å². The Morgan fingerprint density at radius 1 is 1.42 bits per heavy atom. The largest absolute Gasteiger partial charge is 0.294 e. The molecule has 0 bridgehead atoms. The monoisotopic (exact) mass is 261 g/mol. The molecular weight excluding hydrogens is 242 g/mol. The average Bonchev–Trinajstić information content (AvgIpc) is 2.85. The molecule has 0 unspecified atom stereocenters. The molecule has 0 saturated carbocycles. The Balaban J connectivity index is 2.15. The van der Waals surface area contributed by atoms with Crippen molar-refractivity contribution in [1.29, 1.82) is 0 Å². The SMILES string of the molecule is Cc1nn(C)cc1C(=O)Cc1ncnn1CC(C)C. The first-order valence-corrected chi connectivity index (χ1v) is 6.37. The Labute approximate surface area is 112 Å². The van der Waals surface area contributed by atoms with Crippen LogP contribution < -0.4 is 0 Å². The van der Waals surface area contributed by atoms with Gasteiger partial charge in [0.05, 0.1) is 17.7 Å². The molecule has 0 aliphatic carbocycles. The summed E-state index contributed by atoms with van der Waals surface area (Å²) < 4.78 is 3.45. The van der Waals surface area contributed by atoms with E-state index in [1.54, 1.807) is 15.6 Å². The molecule has 2 aromatic rings. The lowest BCUT2D eigenvalue weighted by atomic mass is 10.1. The van der Waals surface area contributed by atoms with Crippen LogP contribution in [0.4, 0.5) is 0 Å². The van der Waals surface area contributed by atoms with E-state index in [0.717, 1.165) is 12.2 Å². The number of aromatic nitrogens is 5. The first-order valence-electron chi connectivity index (χ1n) is 6.37. The lowest BCUT2D eigenvalue weighted by molar-refractivity contribution is 0.0988. The fourth-order valence-corrected chi connectivity index (χ4v) is 2.04. The van der Waals surface area contributed by atoms with Gasteiger partial charge >= 0.3 is 0 Å². The van der Waals surface area contributed by atoms with E-state index in [4.69, 9.17) is 0 Å². The molecule has 0 radical (unpaired) electrons. The summed E-state index contributed by atoms with van der Waals surface area (Å²) in [5.41, 5.74) is 1.41. The van der Waals surface area contributed by atoms with Crippen molar-refractivity contribution >= 4 is 5.78 Å². The van der Waals surface area contributed by atoms with E-state index in [0.29, 0.717) is 17.3 Å². The molecule has 0 spiro atoms. The molecule has 0 N–H and O–H groups in total. The van der Waals surface area contributed by atoms with Crippen molar-refractivity contribution in [3.63, 3.8) is 0 Å². The summed E-state index contributed by atoms with van der Waals surface area (Å²) in [6.07, 6.45) is 3.52. The predicted octanol–water partition coefficient (Wildman–Crippen LogP) is 1.40. The number of carbonyl (C=O) groups is 1. The second kappa shape index (κ2) is 5.34. The Morgan fingerprint density at radius 2 is 2.16 bits per heavy atom. The van der Waals surface area contributed by atoms with Crippen molar-refractivity contribution in [2.45, 2.75) is 33.7 Å². The molecular formula is C13H19N5O. The molecule has 0 amide bonds. The minimum absolute atomic E-state index is 0.0311. The summed E-state index contributed by atoms with van der Waals surface area (Å²) in [5, 5.41) is 8.35. The van der Waals surface area contributed by atoms with Crippen molar-refractivity contribution in [2.75, 3.05) is 0 Å². The van der Waals surface area contributed by atoms with Crippen molar-refractivity contribution in [1.82, 2.24) is 24.5 Å². The van der Waals surface area contributed by atoms with E-state index in [9.17, 15) is 4.79 Å². The molecule has 6 heteroatoms. The van der Waals surface area contributed by atoms with Gasteiger partial charge in [0.1, 0.15) is 12.2 Å². The fourth-order valence-electron chi connectivity index (χ4n) is 2.04. The number of Topliss-reactive ketones (excluding diaryl/α,β-unsaturated/α-hetero) is 1. The molecule has 0 aliphatic rings. The van der Waals surface area contributed by atoms with Gasteiger partial charge in [0.25, 0.3) is 0 Å². The van der Waals surface area contributed by atoms with Crippen LogP contribution >= 0.6 is 0 Å². The minimum atomic E-state index is 0.0311.